The standard InChI is InChI=1S/C27H27ClN4O3/c1-17-22(26(33)29-8-9-32-10-12-35-13-11-32)16-30-24(17)15-21-25-20(18-4-2-5-19(28)14-18)6-3-7-23(25)31-27(21)34/h2-7,14-16,30H,8-13H2,1H3,(H,29,33)(H,31,34)/b21-15-. The van der Waals surface area contributed by atoms with Gasteiger partial charge >= 0.3 is 0 Å². The van der Waals surface area contributed by atoms with Gasteiger partial charge in [0.2, 0.25) is 0 Å². The normalized spacial score (nSPS) is 16.9. The van der Waals surface area contributed by atoms with Crippen LogP contribution in [-0.4, -0.2) is 61.1 Å². The predicted molar refractivity (Wildman–Crippen MR) is 139 cm³/mol. The summed E-state index contributed by atoms with van der Waals surface area (Å²) in [6, 6.07) is 13.4. The number of hydrogen-bond acceptors (Lipinski definition) is 4. The summed E-state index contributed by atoms with van der Waals surface area (Å²) in [7, 11) is 0. The molecule has 1 fully saturated rings. The average molecular weight is 491 g/mol. The first-order chi connectivity index (χ1) is 17.0. The molecule has 0 bridgehead atoms. The van der Waals surface area contributed by atoms with E-state index in [-0.39, 0.29) is 11.8 Å². The zero-order valence-electron chi connectivity index (χ0n) is 19.5. The zero-order chi connectivity index (χ0) is 24.4. The smallest absolute Gasteiger partial charge is 0.256 e. The minimum atomic E-state index is -0.181. The maximum absolute atomic E-state index is 12.9. The van der Waals surface area contributed by atoms with Gasteiger partial charge in [0.1, 0.15) is 0 Å². The molecule has 0 atom stereocenters. The van der Waals surface area contributed by atoms with Crippen molar-refractivity contribution in [2.75, 3.05) is 44.7 Å². The third-order valence-electron chi connectivity index (χ3n) is 6.49. The van der Waals surface area contributed by atoms with Crippen LogP contribution in [0, 0.1) is 6.92 Å². The number of H-pyrrole nitrogens is 1. The third kappa shape index (κ3) is 4.89. The fraction of sp³-hybridized carbons (Fsp3) is 0.259. The molecule has 0 unspecified atom stereocenters. The van der Waals surface area contributed by atoms with Crippen molar-refractivity contribution in [3.63, 3.8) is 0 Å². The van der Waals surface area contributed by atoms with E-state index in [4.69, 9.17) is 16.3 Å². The number of nitrogens with one attached hydrogen (secondary N) is 3. The Kier molecular flexibility index (Phi) is 6.72. The number of amides is 2. The minimum absolute atomic E-state index is 0.132. The molecule has 2 aliphatic rings. The number of nitrogens with zero attached hydrogens (tertiary/aromatic N) is 1. The van der Waals surface area contributed by atoms with E-state index < -0.39 is 0 Å². The van der Waals surface area contributed by atoms with Crippen molar-refractivity contribution < 1.29 is 14.3 Å². The fourth-order valence-electron chi connectivity index (χ4n) is 4.57. The highest BCUT2D eigenvalue weighted by Gasteiger charge is 2.28. The van der Waals surface area contributed by atoms with Crippen LogP contribution in [0.4, 0.5) is 5.69 Å². The molecule has 1 saturated heterocycles. The van der Waals surface area contributed by atoms with E-state index in [0.717, 1.165) is 66.5 Å². The number of anilines is 1. The Morgan fingerprint density at radius 3 is 2.80 bits per heavy atom. The number of halogens is 1. The molecule has 2 aliphatic heterocycles. The van der Waals surface area contributed by atoms with Crippen molar-refractivity contribution in [3.8, 4) is 11.1 Å². The first kappa shape index (κ1) is 23.4. The number of aromatic nitrogens is 1. The van der Waals surface area contributed by atoms with Crippen LogP contribution < -0.4 is 10.6 Å². The lowest BCUT2D eigenvalue weighted by atomic mass is 9.94. The van der Waals surface area contributed by atoms with Crippen LogP contribution >= 0.6 is 11.6 Å². The van der Waals surface area contributed by atoms with E-state index in [1.807, 2.05) is 55.5 Å². The topological polar surface area (TPSA) is 86.5 Å². The molecule has 1 aromatic heterocycles. The molecule has 180 valence electrons. The molecule has 2 aromatic carbocycles. The average Bonchev–Trinajstić information content (AvgIpc) is 3.39. The van der Waals surface area contributed by atoms with Crippen LogP contribution in [0.1, 0.15) is 27.2 Å². The van der Waals surface area contributed by atoms with Gasteiger partial charge in [-0.3, -0.25) is 14.5 Å². The van der Waals surface area contributed by atoms with Crippen LogP contribution in [-0.2, 0) is 9.53 Å². The van der Waals surface area contributed by atoms with Gasteiger partial charge in [-0.05, 0) is 47.9 Å². The van der Waals surface area contributed by atoms with E-state index in [0.29, 0.717) is 22.7 Å². The van der Waals surface area contributed by atoms with Gasteiger partial charge in [-0.15, -0.1) is 0 Å². The molecule has 3 heterocycles. The highest BCUT2D eigenvalue weighted by molar-refractivity contribution is 6.36. The van der Waals surface area contributed by atoms with Gasteiger partial charge in [0.25, 0.3) is 11.8 Å². The molecule has 3 aromatic rings. The molecular weight excluding hydrogens is 464 g/mol. The van der Waals surface area contributed by atoms with E-state index in [2.05, 4.69) is 20.5 Å². The van der Waals surface area contributed by atoms with Crippen LogP contribution in [0.5, 0.6) is 0 Å². The number of carbonyl (C=O) groups excluding carboxylic acids is 2. The molecule has 5 rings (SSSR count). The van der Waals surface area contributed by atoms with Crippen molar-refractivity contribution in [3.05, 3.63) is 76.1 Å². The van der Waals surface area contributed by atoms with Gasteiger partial charge < -0.3 is 20.4 Å². The lowest BCUT2D eigenvalue weighted by Gasteiger charge is -2.26. The highest BCUT2D eigenvalue weighted by Crippen LogP contribution is 2.41. The minimum Gasteiger partial charge on any atom is -0.379 e. The van der Waals surface area contributed by atoms with Crippen LogP contribution in [0.2, 0.25) is 5.02 Å². The largest absolute Gasteiger partial charge is 0.379 e. The quantitative estimate of drug-likeness (QED) is 0.452. The van der Waals surface area contributed by atoms with Crippen molar-refractivity contribution in [2.45, 2.75) is 6.92 Å². The third-order valence-corrected chi connectivity index (χ3v) is 6.73. The predicted octanol–water partition coefficient (Wildman–Crippen LogP) is 4.20. The van der Waals surface area contributed by atoms with Crippen molar-refractivity contribution in [2.24, 2.45) is 0 Å². The van der Waals surface area contributed by atoms with E-state index in [1.165, 1.54) is 0 Å². The Hall–Kier alpha value is -3.39. The van der Waals surface area contributed by atoms with Gasteiger partial charge in [0.15, 0.2) is 0 Å². The maximum atomic E-state index is 12.9. The maximum Gasteiger partial charge on any atom is 0.256 e. The highest BCUT2D eigenvalue weighted by atomic mass is 35.5. The number of morpholine rings is 1. The van der Waals surface area contributed by atoms with Gasteiger partial charge in [-0.1, -0.05) is 35.9 Å². The first-order valence-electron chi connectivity index (χ1n) is 11.7. The van der Waals surface area contributed by atoms with Gasteiger partial charge in [0.05, 0.1) is 24.4 Å². The Morgan fingerprint density at radius 1 is 1.20 bits per heavy atom. The van der Waals surface area contributed by atoms with Crippen molar-refractivity contribution in [1.29, 1.82) is 0 Å². The number of rotatable bonds is 6. The molecule has 2 amide bonds. The molecule has 0 radical (unpaired) electrons. The summed E-state index contributed by atoms with van der Waals surface area (Å²) >= 11 is 6.23. The van der Waals surface area contributed by atoms with Crippen LogP contribution in [0.25, 0.3) is 22.8 Å². The molecule has 3 N–H and O–H groups in total. The zero-order valence-corrected chi connectivity index (χ0v) is 20.2. The lowest BCUT2D eigenvalue weighted by Crippen LogP contribution is -2.41. The van der Waals surface area contributed by atoms with Gasteiger partial charge in [-0.2, -0.15) is 0 Å². The Balaban J connectivity index is 1.38. The summed E-state index contributed by atoms with van der Waals surface area (Å²) in [4.78, 5) is 31.2. The monoisotopic (exact) mass is 490 g/mol. The Morgan fingerprint density at radius 2 is 2.00 bits per heavy atom. The van der Waals surface area contributed by atoms with Gasteiger partial charge in [-0.25, -0.2) is 0 Å². The number of benzene rings is 2. The summed E-state index contributed by atoms with van der Waals surface area (Å²) in [5, 5.41) is 6.59. The SMILES string of the molecule is Cc1c(C(=O)NCCN2CCOCC2)c[nH]c1/C=C1\C(=O)Nc2cccc(-c3cccc(Cl)c3)c21. The van der Waals surface area contributed by atoms with E-state index in [9.17, 15) is 9.59 Å². The second-order valence-corrected chi connectivity index (χ2v) is 9.14. The summed E-state index contributed by atoms with van der Waals surface area (Å²) in [5.74, 6) is -0.312. The number of ether oxygens (including phenoxy) is 1. The molecule has 0 saturated carbocycles. The molecular formula is C27H27ClN4O3. The summed E-state index contributed by atoms with van der Waals surface area (Å²) in [6.45, 7) is 6.49. The number of fused-ring (bicyclic) bond motifs is 1. The molecule has 35 heavy (non-hydrogen) atoms. The van der Waals surface area contributed by atoms with E-state index >= 15 is 0 Å². The Labute approximate surface area is 209 Å². The fourth-order valence-corrected chi connectivity index (χ4v) is 4.76. The first-order valence-corrected chi connectivity index (χ1v) is 12.1. The van der Waals surface area contributed by atoms with Gasteiger partial charge in [0, 0.05) is 54.3 Å². The lowest BCUT2D eigenvalue weighted by molar-refractivity contribution is -0.110. The second-order valence-electron chi connectivity index (χ2n) is 8.70. The number of aromatic amines is 1. The molecule has 7 nitrogen and oxygen atoms in total. The van der Waals surface area contributed by atoms with Crippen molar-refractivity contribution in [1.82, 2.24) is 15.2 Å². The summed E-state index contributed by atoms with van der Waals surface area (Å²) in [6.07, 6.45) is 3.51. The van der Waals surface area contributed by atoms with E-state index in [1.54, 1.807) is 6.20 Å². The second kappa shape index (κ2) is 10.1. The molecule has 0 aliphatic carbocycles. The summed E-state index contributed by atoms with van der Waals surface area (Å²) in [5.41, 5.74) is 6.06. The summed E-state index contributed by atoms with van der Waals surface area (Å²) < 4.78 is 5.36. The molecule has 8 heteroatoms. The number of hydrogen-bond donors (Lipinski definition) is 3. The van der Waals surface area contributed by atoms with Crippen LogP contribution in [0.15, 0.2) is 48.7 Å². The molecule has 0 spiro atoms. The van der Waals surface area contributed by atoms with Crippen molar-refractivity contribution >= 4 is 40.8 Å². The van der Waals surface area contributed by atoms with Crippen LogP contribution in [0.3, 0.4) is 0 Å². The Bertz CT molecular complexity index is 1310. The number of carbonyl (C=O) groups is 2.